The number of sulfonamides is 1. The molecular weight excluding hydrogens is 334 g/mol. The summed E-state index contributed by atoms with van der Waals surface area (Å²) in [6, 6.07) is 0.823. The molecule has 2 heterocycles. The Labute approximate surface area is 133 Å². The molecule has 1 saturated heterocycles. The molecule has 118 valence electrons. The third-order valence-corrected chi connectivity index (χ3v) is 7.32. The average Bonchev–Trinajstić information content (AvgIpc) is 2.80. The highest BCUT2D eigenvalue weighted by Gasteiger charge is 2.39. The van der Waals surface area contributed by atoms with E-state index in [0.29, 0.717) is 17.3 Å². The highest BCUT2D eigenvalue weighted by Crippen LogP contribution is 2.34. The van der Waals surface area contributed by atoms with Crippen LogP contribution < -0.4 is 0 Å². The van der Waals surface area contributed by atoms with Gasteiger partial charge in [-0.15, -0.1) is 11.3 Å². The number of hydrogen-bond donors (Lipinski definition) is 0. The van der Waals surface area contributed by atoms with Gasteiger partial charge in [-0.25, -0.2) is 8.42 Å². The Morgan fingerprint density at radius 1 is 1.52 bits per heavy atom. The molecule has 1 aliphatic rings. The minimum Gasteiger partial charge on any atom is -0.465 e. The Morgan fingerprint density at radius 3 is 2.81 bits per heavy atom. The second-order valence-corrected chi connectivity index (χ2v) is 8.67. The molecule has 0 bridgehead atoms. The van der Waals surface area contributed by atoms with Crippen LogP contribution in [0.15, 0.2) is 10.3 Å². The summed E-state index contributed by atoms with van der Waals surface area (Å²) in [7, 11) is -3.71. The van der Waals surface area contributed by atoms with Gasteiger partial charge in [-0.2, -0.15) is 4.31 Å². The minimum atomic E-state index is -3.71. The number of hydrogen-bond acceptors (Lipinski definition) is 5. The van der Waals surface area contributed by atoms with Gasteiger partial charge in [0, 0.05) is 6.54 Å². The molecule has 1 unspecified atom stereocenters. The highest BCUT2D eigenvalue weighted by molar-refractivity contribution is 7.91. The van der Waals surface area contributed by atoms with Gasteiger partial charge >= 0.3 is 5.97 Å². The molecule has 0 aliphatic carbocycles. The number of aryl methyl sites for hydroxylation is 1. The van der Waals surface area contributed by atoms with Crippen LogP contribution >= 0.6 is 22.9 Å². The van der Waals surface area contributed by atoms with Crippen molar-refractivity contribution < 1.29 is 17.9 Å². The number of thiophene rings is 1. The van der Waals surface area contributed by atoms with Crippen LogP contribution in [0.1, 0.15) is 31.7 Å². The molecule has 1 aromatic rings. The van der Waals surface area contributed by atoms with Gasteiger partial charge in [-0.1, -0.05) is 11.6 Å². The maximum atomic E-state index is 12.7. The van der Waals surface area contributed by atoms with Crippen molar-refractivity contribution in [2.75, 3.05) is 13.2 Å². The molecule has 1 fully saturated rings. The van der Waals surface area contributed by atoms with Crippen molar-refractivity contribution in [3.8, 4) is 0 Å². The molecule has 21 heavy (non-hydrogen) atoms. The summed E-state index contributed by atoms with van der Waals surface area (Å²) in [6.07, 6.45) is 2.06. The lowest BCUT2D eigenvalue weighted by atomic mass is 10.1. The molecule has 1 aliphatic heterocycles. The van der Waals surface area contributed by atoms with E-state index in [-0.39, 0.29) is 10.8 Å². The van der Waals surface area contributed by atoms with Crippen molar-refractivity contribution in [3.05, 3.63) is 16.0 Å². The van der Waals surface area contributed by atoms with E-state index in [1.54, 1.807) is 19.9 Å². The largest absolute Gasteiger partial charge is 0.465 e. The molecule has 8 heteroatoms. The molecule has 0 radical (unpaired) electrons. The monoisotopic (exact) mass is 351 g/mol. The normalized spacial score (nSPS) is 20.4. The van der Waals surface area contributed by atoms with E-state index in [0.717, 1.165) is 29.7 Å². The van der Waals surface area contributed by atoms with E-state index in [1.807, 2.05) is 0 Å². The number of carbonyl (C=O) groups is 1. The zero-order valence-electron chi connectivity index (χ0n) is 12.0. The summed E-state index contributed by atoms with van der Waals surface area (Å²) < 4.78 is 32.4. The summed E-state index contributed by atoms with van der Waals surface area (Å²) in [5.41, 5.74) is 0.727. The van der Waals surface area contributed by atoms with Crippen molar-refractivity contribution >= 4 is 38.9 Å². The molecule has 0 saturated carbocycles. The van der Waals surface area contributed by atoms with Crippen LogP contribution in [0.3, 0.4) is 0 Å². The topological polar surface area (TPSA) is 63.7 Å². The van der Waals surface area contributed by atoms with Crippen LogP contribution in [0.2, 0.25) is 4.34 Å². The van der Waals surface area contributed by atoms with Gasteiger partial charge in [0.1, 0.15) is 10.3 Å². The summed E-state index contributed by atoms with van der Waals surface area (Å²) in [4.78, 5) is 12.0. The second-order valence-electron chi connectivity index (χ2n) is 4.90. The van der Waals surface area contributed by atoms with Gasteiger partial charge in [-0.3, -0.25) is 4.79 Å². The van der Waals surface area contributed by atoms with Crippen LogP contribution in [-0.2, 0) is 19.6 Å². The number of rotatable bonds is 4. The smallest absolute Gasteiger partial charge is 0.324 e. The zero-order chi connectivity index (χ0) is 15.6. The fraction of sp³-hybridized carbons (Fsp3) is 0.615. The first-order valence-corrected chi connectivity index (χ1v) is 9.45. The molecule has 1 aromatic heterocycles. The molecular formula is C13H18ClNO4S2. The first kappa shape index (κ1) is 16.7. The zero-order valence-corrected chi connectivity index (χ0v) is 14.4. The number of carbonyl (C=O) groups excluding carboxylic acids is 1. The number of esters is 1. The second kappa shape index (κ2) is 6.64. The molecule has 2 rings (SSSR count). The van der Waals surface area contributed by atoms with E-state index in [9.17, 15) is 13.2 Å². The van der Waals surface area contributed by atoms with Gasteiger partial charge in [0.2, 0.25) is 0 Å². The molecule has 5 nitrogen and oxygen atoms in total. The lowest BCUT2D eigenvalue weighted by Crippen LogP contribution is -2.48. The van der Waals surface area contributed by atoms with Crippen LogP contribution in [0.4, 0.5) is 0 Å². The van der Waals surface area contributed by atoms with Crippen LogP contribution in [0.25, 0.3) is 0 Å². The number of ether oxygens (including phenoxy) is 1. The third kappa shape index (κ3) is 3.41. The Kier molecular flexibility index (Phi) is 5.29. The van der Waals surface area contributed by atoms with E-state index in [4.69, 9.17) is 16.3 Å². The third-order valence-electron chi connectivity index (χ3n) is 3.41. The van der Waals surface area contributed by atoms with E-state index >= 15 is 0 Å². The quantitative estimate of drug-likeness (QED) is 0.782. The summed E-state index contributed by atoms with van der Waals surface area (Å²) in [5.74, 6) is -0.472. The Bertz CT molecular complexity index is 607. The van der Waals surface area contributed by atoms with Gasteiger partial charge in [0.25, 0.3) is 10.0 Å². The highest BCUT2D eigenvalue weighted by atomic mass is 35.5. The van der Waals surface area contributed by atoms with Crippen molar-refractivity contribution in [2.45, 2.75) is 43.4 Å². The summed E-state index contributed by atoms with van der Waals surface area (Å²) in [6.45, 7) is 4.05. The van der Waals surface area contributed by atoms with Crippen molar-refractivity contribution in [2.24, 2.45) is 0 Å². The van der Waals surface area contributed by atoms with E-state index < -0.39 is 22.0 Å². The fourth-order valence-corrected chi connectivity index (χ4v) is 5.83. The van der Waals surface area contributed by atoms with Gasteiger partial charge in [0.15, 0.2) is 0 Å². The van der Waals surface area contributed by atoms with Gasteiger partial charge in [-0.05, 0) is 44.7 Å². The molecule has 0 N–H and O–H groups in total. The van der Waals surface area contributed by atoms with Crippen molar-refractivity contribution in [3.63, 3.8) is 0 Å². The SMILES string of the molecule is CCOC(=O)C1CCCCN1S(=O)(=O)c1cc(C)c(Cl)s1. The Morgan fingerprint density at radius 2 is 2.24 bits per heavy atom. The van der Waals surface area contributed by atoms with Crippen molar-refractivity contribution in [1.29, 1.82) is 0 Å². The van der Waals surface area contributed by atoms with Crippen LogP contribution in [-0.4, -0.2) is 37.9 Å². The molecule has 0 aromatic carbocycles. The minimum absolute atomic E-state index is 0.182. The Balaban J connectivity index is 2.33. The molecule has 0 amide bonds. The predicted octanol–water partition coefficient (Wildman–Crippen LogP) is 2.82. The average molecular weight is 352 g/mol. The summed E-state index contributed by atoms with van der Waals surface area (Å²) in [5, 5.41) is 0. The maximum absolute atomic E-state index is 12.7. The number of halogens is 1. The Hall–Kier alpha value is -0.630. The van der Waals surface area contributed by atoms with Gasteiger partial charge in [0.05, 0.1) is 10.9 Å². The van der Waals surface area contributed by atoms with Crippen LogP contribution in [0, 0.1) is 6.92 Å². The lowest BCUT2D eigenvalue weighted by molar-refractivity contribution is -0.148. The lowest BCUT2D eigenvalue weighted by Gasteiger charge is -2.32. The van der Waals surface area contributed by atoms with E-state index in [2.05, 4.69) is 0 Å². The molecule has 0 spiro atoms. The van der Waals surface area contributed by atoms with Gasteiger partial charge < -0.3 is 4.74 Å². The fourth-order valence-electron chi connectivity index (χ4n) is 2.34. The first-order valence-electron chi connectivity index (χ1n) is 6.82. The first-order chi connectivity index (χ1) is 9.87. The number of nitrogens with zero attached hydrogens (tertiary/aromatic N) is 1. The molecule has 1 atom stereocenters. The standard InChI is InChI=1S/C13H18ClNO4S2/c1-3-19-13(16)10-6-4-5-7-15(10)21(17,18)11-8-9(2)12(14)20-11/h8,10H,3-7H2,1-2H3. The maximum Gasteiger partial charge on any atom is 0.324 e. The van der Waals surface area contributed by atoms with Crippen LogP contribution in [0.5, 0.6) is 0 Å². The number of piperidine rings is 1. The summed E-state index contributed by atoms with van der Waals surface area (Å²) >= 11 is 6.99. The van der Waals surface area contributed by atoms with E-state index in [1.165, 1.54) is 4.31 Å². The van der Waals surface area contributed by atoms with Crippen molar-refractivity contribution in [1.82, 2.24) is 4.31 Å². The predicted molar refractivity (Wildman–Crippen MR) is 82.2 cm³/mol.